The summed E-state index contributed by atoms with van der Waals surface area (Å²) in [6.45, 7) is 7.40. The molecule has 0 unspecified atom stereocenters. The zero-order valence-corrected chi connectivity index (χ0v) is 9.43. The van der Waals surface area contributed by atoms with Crippen LogP contribution in [0.5, 0.6) is 0 Å². The van der Waals surface area contributed by atoms with Crippen molar-refractivity contribution in [3.8, 4) is 0 Å². The number of nitrogens with one attached hydrogen (secondary N) is 1. The molecular weight excluding hydrogens is 178 g/mol. The van der Waals surface area contributed by atoms with Crippen LogP contribution in [0.1, 0.15) is 40.0 Å². The van der Waals surface area contributed by atoms with E-state index < -0.39 is 0 Å². The van der Waals surface area contributed by atoms with Gasteiger partial charge in [0.25, 0.3) is 0 Å². The minimum atomic E-state index is -0.256. The number of rotatable bonds is 7. The monoisotopic (exact) mass is 199 g/mol. The SMILES string of the molecule is CCCCN/C(C)=C\C(=O)OCCC. The summed E-state index contributed by atoms with van der Waals surface area (Å²) in [6, 6.07) is 0. The van der Waals surface area contributed by atoms with Gasteiger partial charge < -0.3 is 10.1 Å². The normalized spacial score (nSPS) is 11.2. The number of unbranched alkanes of at least 4 members (excludes halogenated alkanes) is 1. The van der Waals surface area contributed by atoms with Crippen LogP contribution in [0.15, 0.2) is 11.8 Å². The molecular formula is C11H21NO2. The molecule has 0 atom stereocenters. The molecule has 0 fully saturated rings. The molecule has 0 aliphatic rings. The molecule has 0 saturated carbocycles. The summed E-state index contributed by atoms with van der Waals surface area (Å²) >= 11 is 0. The molecule has 0 amide bonds. The average Bonchev–Trinajstić information content (AvgIpc) is 2.15. The highest BCUT2D eigenvalue weighted by atomic mass is 16.5. The van der Waals surface area contributed by atoms with Crippen LogP contribution in [-0.4, -0.2) is 19.1 Å². The zero-order valence-electron chi connectivity index (χ0n) is 9.43. The molecule has 0 radical (unpaired) electrons. The maximum Gasteiger partial charge on any atom is 0.332 e. The molecule has 0 heterocycles. The Morgan fingerprint density at radius 3 is 2.64 bits per heavy atom. The van der Waals surface area contributed by atoms with Crippen molar-refractivity contribution < 1.29 is 9.53 Å². The first-order chi connectivity index (χ1) is 6.70. The van der Waals surface area contributed by atoms with Gasteiger partial charge in [-0.15, -0.1) is 0 Å². The molecule has 3 nitrogen and oxygen atoms in total. The van der Waals surface area contributed by atoms with E-state index in [9.17, 15) is 4.79 Å². The molecule has 1 N–H and O–H groups in total. The van der Waals surface area contributed by atoms with Crippen molar-refractivity contribution in [1.82, 2.24) is 5.32 Å². The summed E-state index contributed by atoms with van der Waals surface area (Å²) in [5.41, 5.74) is 0.875. The fourth-order valence-corrected chi connectivity index (χ4v) is 0.934. The van der Waals surface area contributed by atoms with E-state index in [0.717, 1.165) is 31.5 Å². The van der Waals surface area contributed by atoms with Crippen molar-refractivity contribution in [3.63, 3.8) is 0 Å². The van der Waals surface area contributed by atoms with E-state index in [1.807, 2.05) is 13.8 Å². The van der Waals surface area contributed by atoms with Gasteiger partial charge in [-0.3, -0.25) is 0 Å². The summed E-state index contributed by atoms with van der Waals surface area (Å²) in [6.07, 6.45) is 4.64. The van der Waals surface area contributed by atoms with E-state index in [-0.39, 0.29) is 5.97 Å². The molecule has 0 rings (SSSR count). The lowest BCUT2D eigenvalue weighted by molar-refractivity contribution is -0.137. The van der Waals surface area contributed by atoms with Crippen molar-refractivity contribution in [1.29, 1.82) is 0 Å². The number of hydrogen-bond acceptors (Lipinski definition) is 3. The van der Waals surface area contributed by atoms with Crippen LogP contribution in [-0.2, 0) is 9.53 Å². The molecule has 0 spiro atoms. The van der Waals surface area contributed by atoms with Crippen LogP contribution in [0.2, 0.25) is 0 Å². The molecule has 0 aromatic heterocycles. The summed E-state index contributed by atoms with van der Waals surface area (Å²) < 4.78 is 4.91. The summed E-state index contributed by atoms with van der Waals surface area (Å²) in [5, 5.41) is 3.15. The fraction of sp³-hybridized carbons (Fsp3) is 0.727. The van der Waals surface area contributed by atoms with Crippen molar-refractivity contribution in [3.05, 3.63) is 11.8 Å². The zero-order chi connectivity index (χ0) is 10.8. The van der Waals surface area contributed by atoms with Gasteiger partial charge >= 0.3 is 5.97 Å². The highest BCUT2D eigenvalue weighted by Gasteiger charge is 1.97. The van der Waals surface area contributed by atoms with Gasteiger partial charge in [-0.05, 0) is 19.8 Å². The largest absolute Gasteiger partial charge is 0.462 e. The smallest absolute Gasteiger partial charge is 0.332 e. The summed E-state index contributed by atoms with van der Waals surface area (Å²) in [7, 11) is 0. The summed E-state index contributed by atoms with van der Waals surface area (Å²) in [5.74, 6) is -0.256. The Bertz CT molecular complexity index is 188. The molecule has 82 valence electrons. The second kappa shape index (κ2) is 8.60. The quantitative estimate of drug-likeness (QED) is 0.388. The van der Waals surface area contributed by atoms with Crippen molar-refractivity contribution in [2.24, 2.45) is 0 Å². The van der Waals surface area contributed by atoms with Gasteiger partial charge in [0.05, 0.1) is 6.61 Å². The molecule has 0 aromatic carbocycles. The highest BCUT2D eigenvalue weighted by Crippen LogP contribution is 1.92. The van der Waals surface area contributed by atoms with Crippen LogP contribution in [0.25, 0.3) is 0 Å². The van der Waals surface area contributed by atoms with Crippen molar-refractivity contribution in [2.75, 3.05) is 13.2 Å². The number of ether oxygens (including phenoxy) is 1. The van der Waals surface area contributed by atoms with E-state index in [2.05, 4.69) is 12.2 Å². The third-order valence-corrected chi connectivity index (χ3v) is 1.72. The second-order valence-electron chi connectivity index (χ2n) is 3.28. The number of hydrogen-bond donors (Lipinski definition) is 1. The van der Waals surface area contributed by atoms with Crippen LogP contribution in [0.4, 0.5) is 0 Å². The molecule has 3 heteroatoms. The van der Waals surface area contributed by atoms with Crippen LogP contribution in [0.3, 0.4) is 0 Å². The van der Waals surface area contributed by atoms with E-state index in [1.165, 1.54) is 6.08 Å². The lowest BCUT2D eigenvalue weighted by Gasteiger charge is -2.05. The predicted octanol–water partition coefficient (Wildman–Crippen LogP) is 2.23. The lowest BCUT2D eigenvalue weighted by atomic mass is 10.3. The van der Waals surface area contributed by atoms with E-state index >= 15 is 0 Å². The summed E-state index contributed by atoms with van der Waals surface area (Å²) in [4.78, 5) is 11.1. The Labute approximate surface area is 86.5 Å². The predicted molar refractivity (Wildman–Crippen MR) is 57.9 cm³/mol. The average molecular weight is 199 g/mol. The standard InChI is InChI=1S/C11H21NO2/c1-4-6-7-12-10(3)9-11(13)14-8-5-2/h9,12H,4-8H2,1-3H3/b10-9-. The Hall–Kier alpha value is -0.990. The van der Waals surface area contributed by atoms with E-state index in [0.29, 0.717) is 6.61 Å². The van der Waals surface area contributed by atoms with Crippen molar-refractivity contribution >= 4 is 5.97 Å². The Morgan fingerprint density at radius 1 is 1.36 bits per heavy atom. The minimum Gasteiger partial charge on any atom is -0.462 e. The first kappa shape index (κ1) is 13.0. The molecule has 0 aliphatic heterocycles. The third kappa shape index (κ3) is 7.65. The van der Waals surface area contributed by atoms with Gasteiger partial charge in [0.15, 0.2) is 0 Å². The van der Waals surface area contributed by atoms with Gasteiger partial charge in [0.1, 0.15) is 0 Å². The molecule has 14 heavy (non-hydrogen) atoms. The number of carbonyl (C=O) groups is 1. The Morgan fingerprint density at radius 2 is 2.07 bits per heavy atom. The van der Waals surface area contributed by atoms with Crippen LogP contribution < -0.4 is 5.32 Å². The second-order valence-corrected chi connectivity index (χ2v) is 3.28. The number of esters is 1. The lowest BCUT2D eigenvalue weighted by Crippen LogP contribution is -2.14. The van der Waals surface area contributed by atoms with E-state index in [4.69, 9.17) is 4.74 Å². The Balaban J connectivity index is 3.67. The van der Waals surface area contributed by atoms with E-state index in [1.54, 1.807) is 0 Å². The fourth-order valence-electron chi connectivity index (χ4n) is 0.934. The number of carbonyl (C=O) groups excluding carboxylic acids is 1. The maximum atomic E-state index is 11.1. The van der Waals surface area contributed by atoms with Gasteiger partial charge in [-0.2, -0.15) is 0 Å². The maximum absolute atomic E-state index is 11.1. The molecule has 0 aliphatic carbocycles. The first-order valence-electron chi connectivity index (χ1n) is 5.29. The first-order valence-corrected chi connectivity index (χ1v) is 5.29. The number of allylic oxidation sites excluding steroid dienone is 1. The molecule has 0 saturated heterocycles. The minimum absolute atomic E-state index is 0.256. The van der Waals surface area contributed by atoms with Gasteiger partial charge in [0, 0.05) is 18.3 Å². The van der Waals surface area contributed by atoms with Gasteiger partial charge in [0.2, 0.25) is 0 Å². The molecule has 0 bridgehead atoms. The molecule has 0 aromatic rings. The van der Waals surface area contributed by atoms with Crippen LogP contribution in [0, 0.1) is 0 Å². The van der Waals surface area contributed by atoms with Crippen molar-refractivity contribution in [2.45, 2.75) is 40.0 Å². The third-order valence-electron chi connectivity index (χ3n) is 1.72. The highest BCUT2D eigenvalue weighted by molar-refractivity contribution is 5.82. The Kier molecular flexibility index (Phi) is 7.99. The van der Waals surface area contributed by atoms with Gasteiger partial charge in [-0.25, -0.2) is 4.79 Å². The van der Waals surface area contributed by atoms with Gasteiger partial charge in [-0.1, -0.05) is 20.3 Å². The van der Waals surface area contributed by atoms with Crippen LogP contribution >= 0.6 is 0 Å². The topological polar surface area (TPSA) is 38.3 Å².